The number of nitrogens with zero attached hydrogens (tertiary/aromatic N) is 1. The summed E-state index contributed by atoms with van der Waals surface area (Å²) in [6, 6.07) is 8.37. The molecule has 0 unspecified atom stereocenters. The molecule has 0 aliphatic heterocycles. The molecule has 1 aromatic rings. The molecule has 0 saturated heterocycles. The average molecular weight is 233 g/mol. The predicted molar refractivity (Wildman–Crippen MR) is 75.3 cm³/mol. The van der Waals surface area contributed by atoms with Gasteiger partial charge < -0.3 is 10.0 Å². The first-order valence-electron chi connectivity index (χ1n) is 6.04. The van der Waals surface area contributed by atoms with Crippen molar-refractivity contribution < 1.29 is 5.11 Å². The molecule has 17 heavy (non-hydrogen) atoms. The maximum atomic E-state index is 8.87. The van der Waals surface area contributed by atoms with E-state index in [1.165, 1.54) is 5.56 Å². The molecule has 0 spiro atoms. The third-order valence-electron chi connectivity index (χ3n) is 2.55. The van der Waals surface area contributed by atoms with Crippen LogP contribution in [0.2, 0.25) is 0 Å². The Morgan fingerprint density at radius 1 is 1.18 bits per heavy atom. The van der Waals surface area contributed by atoms with Crippen molar-refractivity contribution in [3.63, 3.8) is 0 Å². The van der Waals surface area contributed by atoms with Crippen LogP contribution in [0.15, 0.2) is 30.3 Å². The summed E-state index contributed by atoms with van der Waals surface area (Å²) in [5.41, 5.74) is 2.56. The summed E-state index contributed by atoms with van der Waals surface area (Å²) in [5, 5.41) is 8.87. The van der Waals surface area contributed by atoms with Gasteiger partial charge in [-0.15, -0.1) is 0 Å². The average Bonchev–Trinajstić information content (AvgIpc) is 2.26. The van der Waals surface area contributed by atoms with Gasteiger partial charge in [-0.25, -0.2) is 0 Å². The zero-order valence-corrected chi connectivity index (χ0v) is 11.3. The third-order valence-corrected chi connectivity index (χ3v) is 2.55. The van der Waals surface area contributed by atoms with Crippen molar-refractivity contribution in [1.82, 2.24) is 0 Å². The Morgan fingerprint density at radius 2 is 1.76 bits per heavy atom. The maximum Gasteiger partial charge on any atom is 0.0606 e. The number of hydrogen-bond donors (Lipinski definition) is 1. The van der Waals surface area contributed by atoms with Crippen LogP contribution >= 0.6 is 0 Å². The van der Waals surface area contributed by atoms with Gasteiger partial charge in [0.15, 0.2) is 0 Å². The van der Waals surface area contributed by atoms with E-state index in [-0.39, 0.29) is 12.0 Å². The molecule has 0 bridgehead atoms. The Labute approximate surface area is 105 Å². The van der Waals surface area contributed by atoms with E-state index in [0.29, 0.717) is 6.54 Å². The highest BCUT2D eigenvalue weighted by atomic mass is 16.3. The Hall–Kier alpha value is -1.28. The van der Waals surface area contributed by atoms with Gasteiger partial charge >= 0.3 is 0 Å². The molecular formula is C15H23NO. The van der Waals surface area contributed by atoms with Crippen molar-refractivity contribution in [3.8, 4) is 0 Å². The van der Waals surface area contributed by atoms with E-state index in [0.717, 1.165) is 5.69 Å². The Bertz CT molecular complexity index is 360. The normalized spacial score (nSPS) is 12.1. The standard InChI is InChI=1S/C15H23NO/c1-15(2,3)10-9-13-5-7-14(8-6-13)16(4)11-12-17/h5-10,17H,11-12H2,1-4H3/b10-9+. The van der Waals surface area contributed by atoms with Gasteiger partial charge in [-0.1, -0.05) is 45.1 Å². The molecule has 94 valence electrons. The fraction of sp³-hybridized carbons (Fsp3) is 0.467. The Balaban J connectivity index is 2.71. The lowest BCUT2D eigenvalue weighted by atomic mass is 9.95. The van der Waals surface area contributed by atoms with E-state index in [9.17, 15) is 0 Å². The molecule has 0 amide bonds. The van der Waals surface area contributed by atoms with Crippen LogP contribution < -0.4 is 4.90 Å². The van der Waals surface area contributed by atoms with Gasteiger partial charge in [0, 0.05) is 19.3 Å². The molecule has 2 heteroatoms. The zero-order chi connectivity index (χ0) is 12.9. The summed E-state index contributed by atoms with van der Waals surface area (Å²) < 4.78 is 0. The fourth-order valence-corrected chi connectivity index (χ4v) is 1.47. The highest BCUT2D eigenvalue weighted by Gasteiger charge is 2.03. The number of allylic oxidation sites excluding steroid dienone is 1. The van der Waals surface area contributed by atoms with E-state index in [4.69, 9.17) is 5.11 Å². The fourth-order valence-electron chi connectivity index (χ4n) is 1.47. The lowest BCUT2D eigenvalue weighted by molar-refractivity contribution is 0.304. The maximum absolute atomic E-state index is 8.87. The van der Waals surface area contributed by atoms with E-state index >= 15 is 0 Å². The second kappa shape index (κ2) is 5.87. The molecule has 0 aromatic heterocycles. The van der Waals surface area contributed by atoms with Crippen LogP contribution in [0.4, 0.5) is 5.69 Å². The van der Waals surface area contributed by atoms with E-state index in [1.807, 2.05) is 11.9 Å². The van der Waals surface area contributed by atoms with Gasteiger partial charge in [0.1, 0.15) is 0 Å². The monoisotopic (exact) mass is 233 g/mol. The second-order valence-corrected chi connectivity index (χ2v) is 5.44. The van der Waals surface area contributed by atoms with Crippen molar-refractivity contribution in [2.24, 2.45) is 5.41 Å². The number of likely N-dealkylation sites (N-methyl/N-ethyl adjacent to an activating group) is 1. The van der Waals surface area contributed by atoms with Gasteiger partial charge in [-0.3, -0.25) is 0 Å². The number of anilines is 1. The number of aliphatic hydroxyl groups excluding tert-OH is 1. The van der Waals surface area contributed by atoms with Gasteiger partial charge in [-0.05, 0) is 23.1 Å². The van der Waals surface area contributed by atoms with Crippen molar-refractivity contribution in [2.75, 3.05) is 25.1 Å². The molecule has 1 aromatic carbocycles. The zero-order valence-electron chi connectivity index (χ0n) is 11.3. The van der Waals surface area contributed by atoms with Gasteiger partial charge in [0.2, 0.25) is 0 Å². The van der Waals surface area contributed by atoms with E-state index in [2.05, 4.69) is 57.2 Å². The minimum absolute atomic E-state index is 0.183. The van der Waals surface area contributed by atoms with Crippen molar-refractivity contribution in [2.45, 2.75) is 20.8 Å². The summed E-state index contributed by atoms with van der Waals surface area (Å²) in [4.78, 5) is 2.04. The Morgan fingerprint density at radius 3 is 2.24 bits per heavy atom. The summed E-state index contributed by atoms with van der Waals surface area (Å²) in [6.07, 6.45) is 4.36. The summed E-state index contributed by atoms with van der Waals surface area (Å²) in [7, 11) is 1.98. The topological polar surface area (TPSA) is 23.5 Å². The minimum Gasteiger partial charge on any atom is -0.395 e. The van der Waals surface area contributed by atoms with Crippen molar-refractivity contribution in [3.05, 3.63) is 35.9 Å². The first kappa shape index (κ1) is 13.8. The molecule has 0 atom stereocenters. The number of rotatable bonds is 4. The summed E-state index contributed by atoms with van der Waals surface area (Å²) in [6.45, 7) is 7.41. The molecular weight excluding hydrogens is 210 g/mol. The molecule has 1 N–H and O–H groups in total. The quantitative estimate of drug-likeness (QED) is 0.863. The van der Waals surface area contributed by atoms with Crippen LogP contribution in [-0.2, 0) is 0 Å². The highest BCUT2D eigenvalue weighted by Crippen LogP contribution is 2.19. The summed E-state index contributed by atoms with van der Waals surface area (Å²) >= 11 is 0. The lowest BCUT2D eigenvalue weighted by Gasteiger charge is -2.18. The second-order valence-electron chi connectivity index (χ2n) is 5.44. The molecule has 1 rings (SSSR count). The SMILES string of the molecule is CN(CCO)c1ccc(/C=C/C(C)(C)C)cc1. The molecule has 2 nitrogen and oxygen atoms in total. The van der Waals surface area contributed by atoms with Crippen LogP contribution in [0.3, 0.4) is 0 Å². The van der Waals surface area contributed by atoms with Gasteiger partial charge in [0.05, 0.1) is 6.61 Å². The summed E-state index contributed by atoms with van der Waals surface area (Å²) in [5.74, 6) is 0. The van der Waals surface area contributed by atoms with Crippen LogP contribution in [-0.4, -0.2) is 25.3 Å². The Kier molecular flexibility index (Phi) is 4.76. The van der Waals surface area contributed by atoms with Crippen LogP contribution in [0, 0.1) is 5.41 Å². The van der Waals surface area contributed by atoms with E-state index in [1.54, 1.807) is 0 Å². The van der Waals surface area contributed by atoms with Gasteiger partial charge in [0.25, 0.3) is 0 Å². The van der Waals surface area contributed by atoms with E-state index < -0.39 is 0 Å². The number of benzene rings is 1. The first-order valence-corrected chi connectivity index (χ1v) is 6.04. The van der Waals surface area contributed by atoms with Crippen LogP contribution in [0.25, 0.3) is 6.08 Å². The molecule has 0 fully saturated rings. The molecule has 0 aliphatic rings. The van der Waals surface area contributed by atoms with Crippen molar-refractivity contribution >= 4 is 11.8 Å². The third kappa shape index (κ3) is 5.05. The number of hydrogen-bond acceptors (Lipinski definition) is 2. The predicted octanol–water partition coefficient (Wildman–Crippen LogP) is 3.17. The number of aliphatic hydroxyl groups is 1. The largest absolute Gasteiger partial charge is 0.395 e. The van der Waals surface area contributed by atoms with Crippen LogP contribution in [0.1, 0.15) is 26.3 Å². The first-order chi connectivity index (χ1) is 7.92. The van der Waals surface area contributed by atoms with Gasteiger partial charge in [-0.2, -0.15) is 0 Å². The minimum atomic E-state index is 0.183. The highest BCUT2D eigenvalue weighted by molar-refractivity contribution is 5.56. The molecule has 0 heterocycles. The smallest absolute Gasteiger partial charge is 0.0606 e. The van der Waals surface area contributed by atoms with Crippen LogP contribution in [0.5, 0.6) is 0 Å². The molecule has 0 aliphatic carbocycles. The van der Waals surface area contributed by atoms with Crippen molar-refractivity contribution in [1.29, 1.82) is 0 Å². The lowest BCUT2D eigenvalue weighted by Crippen LogP contribution is -2.20. The molecule has 0 radical (unpaired) electrons. The molecule has 0 saturated carbocycles.